The molecule has 0 bridgehead atoms. The number of benzene rings is 1. The third kappa shape index (κ3) is 4.29. The monoisotopic (exact) mass is 418 g/mol. The van der Waals surface area contributed by atoms with Gasteiger partial charge in [0.05, 0.1) is 16.8 Å². The van der Waals surface area contributed by atoms with Crippen LogP contribution in [0, 0.1) is 12.8 Å². The number of hydrogen-bond acceptors (Lipinski definition) is 5. The normalized spacial score (nSPS) is 21.3. The highest BCUT2D eigenvalue weighted by atomic mass is 32.2. The van der Waals surface area contributed by atoms with E-state index in [2.05, 4.69) is 9.97 Å². The van der Waals surface area contributed by atoms with Crippen molar-refractivity contribution in [1.29, 1.82) is 0 Å². The van der Waals surface area contributed by atoms with Gasteiger partial charge < -0.3 is 14.8 Å². The predicted molar refractivity (Wildman–Crippen MR) is 109 cm³/mol. The van der Waals surface area contributed by atoms with Gasteiger partial charge in [0.25, 0.3) is 5.91 Å². The Kier molecular flexibility index (Phi) is 5.10. The molecule has 0 saturated carbocycles. The minimum Gasteiger partial charge on any atom is -0.342 e. The second-order valence-corrected chi connectivity index (χ2v) is 10.5. The van der Waals surface area contributed by atoms with Crippen LogP contribution in [-0.2, 0) is 14.6 Å². The molecule has 8 nitrogen and oxygen atoms in total. The van der Waals surface area contributed by atoms with E-state index in [4.69, 9.17) is 0 Å². The highest BCUT2D eigenvalue weighted by Gasteiger charge is 2.37. The molecule has 9 heteroatoms. The minimum absolute atomic E-state index is 0.0136. The van der Waals surface area contributed by atoms with Crippen LogP contribution < -0.4 is 0 Å². The summed E-state index contributed by atoms with van der Waals surface area (Å²) in [5.41, 5.74) is 2.32. The Bertz CT molecular complexity index is 1050. The SMILES string of the molecule is Cc1nc2ccc(C(=O)N3CCC(N4CC(CS(C)(=O)=O)CC4=O)CC3)cc2[nH]1. The van der Waals surface area contributed by atoms with Gasteiger partial charge in [0.1, 0.15) is 15.7 Å². The zero-order valence-electron chi connectivity index (χ0n) is 16.7. The first-order valence-corrected chi connectivity index (χ1v) is 12.0. The number of fused-ring (bicyclic) bond motifs is 1. The molecule has 2 amide bonds. The van der Waals surface area contributed by atoms with Gasteiger partial charge in [-0.1, -0.05) is 0 Å². The molecule has 3 heterocycles. The van der Waals surface area contributed by atoms with Gasteiger partial charge in [0.15, 0.2) is 0 Å². The number of amides is 2. The second-order valence-electron chi connectivity index (χ2n) is 8.29. The van der Waals surface area contributed by atoms with Crippen molar-refractivity contribution < 1.29 is 18.0 Å². The van der Waals surface area contributed by atoms with E-state index < -0.39 is 9.84 Å². The van der Waals surface area contributed by atoms with Crippen molar-refractivity contribution in [2.24, 2.45) is 5.92 Å². The number of rotatable bonds is 4. The summed E-state index contributed by atoms with van der Waals surface area (Å²) in [6.07, 6.45) is 2.95. The number of aryl methyl sites for hydroxylation is 1. The molecular weight excluding hydrogens is 392 g/mol. The molecule has 1 atom stereocenters. The van der Waals surface area contributed by atoms with Crippen molar-refractivity contribution in [2.75, 3.05) is 31.6 Å². The summed E-state index contributed by atoms with van der Waals surface area (Å²) in [7, 11) is -3.09. The van der Waals surface area contributed by atoms with Gasteiger partial charge in [-0.3, -0.25) is 9.59 Å². The molecular formula is C20H26N4O4S. The third-order valence-corrected chi connectivity index (χ3v) is 6.89. The van der Waals surface area contributed by atoms with E-state index in [-0.39, 0.29) is 29.5 Å². The molecule has 0 radical (unpaired) electrons. The average molecular weight is 419 g/mol. The Labute approximate surface area is 170 Å². The first-order chi connectivity index (χ1) is 13.7. The highest BCUT2D eigenvalue weighted by Crippen LogP contribution is 2.27. The van der Waals surface area contributed by atoms with Crippen molar-refractivity contribution in [3.63, 3.8) is 0 Å². The van der Waals surface area contributed by atoms with Crippen LogP contribution in [0.15, 0.2) is 18.2 Å². The Balaban J connectivity index is 1.37. The summed E-state index contributed by atoms with van der Waals surface area (Å²) < 4.78 is 23.1. The fraction of sp³-hybridized carbons (Fsp3) is 0.550. The van der Waals surface area contributed by atoms with Crippen molar-refractivity contribution in [3.05, 3.63) is 29.6 Å². The largest absolute Gasteiger partial charge is 0.342 e. The lowest BCUT2D eigenvalue weighted by molar-refractivity contribution is -0.130. The van der Waals surface area contributed by atoms with Gasteiger partial charge in [-0.05, 0) is 43.9 Å². The lowest BCUT2D eigenvalue weighted by atomic mass is 10.0. The lowest BCUT2D eigenvalue weighted by Gasteiger charge is -2.37. The molecule has 1 N–H and O–H groups in total. The maximum absolute atomic E-state index is 12.9. The number of carbonyl (C=O) groups excluding carboxylic acids is 2. The first kappa shape index (κ1) is 19.9. The standard InChI is InChI=1S/C20H26N4O4S/c1-13-21-17-4-3-15(10-18(17)22-13)20(26)23-7-5-16(6-8-23)24-11-14(9-19(24)25)12-29(2,27)28/h3-4,10,14,16H,5-9,11-12H2,1-2H3,(H,21,22). The molecule has 2 aliphatic rings. The van der Waals surface area contributed by atoms with Gasteiger partial charge in [0.2, 0.25) is 5.91 Å². The van der Waals surface area contributed by atoms with E-state index in [1.54, 1.807) is 6.07 Å². The van der Waals surface area contributed by atoms with E-state index in [1.165, 1.54) is 6.26 Å². The van der Waals surface area contributed by atoms with Crippen LogP contribution in [0.5, 0.6) is 0 Å². The molecule has 2 saturated heterocycles. The molecule has 2 fully saturated rings. The molecule has 1 aromatic carbocycles. The molecule has 4 rings (SSSR count). The van der Waals surface area contributed by atoms with Crippen molar-refractivity contribution >= 4 is 32.7 Å². The van der Waals surface area contributed by atoms with Crippen LogP contribution in [0.1, 0.15) is 35.4 Å². The smallest absolute Gasteiger partial charge is 0.253 e. The summed E-state index contributed by atoms with van der Waals surface area (Å²) in [4.78, 5) is 36.4. The number of nitrogens with one attached hydrogen (secondary N) is 1. The quantitative estimate of drug-likeness (QED) is 0.808. The number of piperidine rings is 1. The summed E-state index contributed by atoms with van der Waals surface area (Å²) >= 11 is 0. The number of hydrogen-bond donors (Lipinski definition) is 1. The van der Waals surface area contributed by atoms with Crippen molar-refractivity contribution in [2.45, 2.75) is 32.2 Å². The first-order valence-electron chi connectivity index (χ1n) is 9.92. The fourth-order valence-electron chi connectivity index (χ4n) is 4.53. The van der Waals surface area contributed by atoms with Crippen LogP contribution >= 0.6 is 0 Å². The van der Waals surface area contributed by atoms with Crippen LogP contribution in [-0.4, -0.2) is 77.7 Å². The topological polar surface area (TPSA) is 103 Å². The molecule has 1 unspecified atom stereocenters. The predicted octanol–water partition coefficient (Wildman–Crippen LogP) is 1.37. The van der Waals surface area contributed by atoms with E-state index in [1.807, 2.05) is 28.9 Å². The number of H-pyrrole nitrogens is 1. The third-order valence-electron chi connectivity index (χ3n) is 5.82. The minimum atomic E-state index is -3.09. The van der Waals surface area contributed by atoms with Crippen LogP contribution in [0.4, 0.5) is 0 Å². The van der Waals surface area contributed by atoms with Crippen LogP contribution in [0.2, 0.25) is 0 Å². The summed E-state index contributed by atoms with van der Waals surface area (Å²) in [5, 5.41) is 0. The number of nitrogens with zero attached hydrogens (tertiary/aromatic N) is 3. The molecule has 156 valence electrons. The van der Waals surface area contributed by atoms with Crippen molar-refractivity contribution in [1.82, 2.24) is 19.8 Å². The number of aromatic amines is 1. The zero-order chi connectivity index (χ0) is 20.8. The number of imidazole rings is 1. The number of aromatic nitrogens is 2. The van der Waals surface area contributed by atoms with Gasteiger partial charge in [-0.15, -0.1) is 0 Å². The maximum Gasteiger partial charge on any atom is 0.253 e. The summed E-state index contributed by atoms with van der Waals surface area (Å²) in [6, 6.07) is 5.57. The van der Waals surface area contributed by atoms with E-state index >= 15 is 0 Å². The maximum atomic E-state index is 12.9. The molecule has 2 aromatic rings. The molecule has 2 aliphatic heterocycles. The summed E-state index contributed by atoms with van der Waals surface area (Å²) in [6.45, 7) is 3.56. The number of carbonyl (C=O) groups is 2. The van der Waals surface area contributed by atoms with Gasteiger partial charge in [-0.2, -0.15) is 0 Å². The Morgan fingerprint density at radius 1 is 1.28 bits per heavy atom. The molecule has 1 aromatic heterocycles. The zero-order valence-corrected chi connectivity index (χ0v) is 17.5. The fourth-order valence-corrected chi connectivity index (χ4v) is 5.61. The van der Waals surface area contributed by atoms with E-state index in [0.717, 1.165) is 16.9 Å². The van der Waals surface area contributed by atoms with Crippen molar-refractivity contribution in [3.8, 4) is 0 Å². The lowest BCUT2D eigenvalue weighted by Crippen LogP contribution is -2.47. The molecule has 0 spiro atoms. The average Bonchev–Trinajstić information content (AvgIpc) is 3.20. The second kappa shape index (κ2) is 7.44. The van der Waals surface area contributed by atoms with E-state index in [0.29, 0.717) is 44.5 Å². The molecule has 29 heavy (non-hydrogen) atoms. The van der Waals surface area contributed by atoms with Crippen LogP contribution in [0.25, 0.3) is 11.0 Å². The number of likely N-dealkylation sites (tertiary alicyclic amines) is 2. The van der Waals surface area contributed by atoms with Gasteiger partial charge in [0, 0.05) is 43.9 Å². The Hall–Kier alpha value is -2.42. The highest BCUT2D eigenvalue weighted by molar-refractivity contribution is 7.90. The molecule has 0 aliphatic carbocycles. The van der Waals surface area contributed by atoms with Gasteiger partial charge in [-0.25, -0.2) is 13.4 Å². The number of sulfone groups is 1. The Morgan fingerprint density at radius 3 is 2.69 bits per heavy atom. The Morgan fingerprint density at radius 2 is 2.00 bits per heavy atom. The van der Waals surface area contributed by atoms with E-state index in [9.17, 15) is 18.0 Å². The van der Waals surface area contributed by atoms with Gasteiger partial charge >= 0.3 is 0 Å². The van der Waals surface area contributed by atoms with Crippen LogP contribution in [0.3, 0.4) is 0 Å². The summed E-state index contributed by atoms with van der Waals surface area (Å²) in [5.74, 6) is 0.766.